The van der Waals surface area contributed by atoms with Crippen molar-refractivity contribution in [2.45, 2.75) is 26.3 Å². The summed E-state index contributed by atoms with van der Waals surface area (Å²) in [6.45, 7) is 5.06. The Morgan fingerprint density at radius 2 is 2.07 bits per heavy atom. The zero-order valence-electron chi connectivity index (χ0n) is 8.97. The second-order valence-corrected chi connectivity index (χ2v) is 4.37. The summed E-state index contributed by atoms with van der Waals surface area (Å²) in [5.41, 5.74) is 0.596. The van der Waals surface area contributed by atoms with E-state index in [1.165, 1.54) is 0 Å². The number of aliphatic carboxylic acids is 1. The molecule has 1 aromatic rings. The lowest BCUT2D eigenvalue weighted by molar-refractivity contribution is -0.141. The Hall–Kier alpha value is -1.22. The molecular weight excluding hydrogens is 214 g/mol. The van der Waals surface area contributed by atoms with Crippen LogP contribution < -0.4 is 5.32 Å². The van der Waals surface area contributed by atoms with Crippen LogP contribution in [-0.4, -0.2) is 16.6 Å². The molecule has 0 aliphatic rings. The molecule has 0 saturated carbocycles. The van der Waals surface area contributed by atoms with Gasteiger partial charge in [0.05, 0.1) is 0 Å². The number of halogens is 1. The number of carboxylic acid groups (broad SMARTS) is 1. The van der Waals surface area contributed by atoms with Crippen LogP contribution in [0.1, 0.15) is 19.4 Å². The zero-order valence-corrected chi connectivity index (χ0v) is 9.72. The van der Waals surface area contributed by atoms with Gasteiger partial charge in [-0.05, 0) is 38.5 Å². The van der Waals surface area contributed by atoms with Crippen LogP contribution in [0, 0.1) is 6.92 Å². The van der Waals surface area contributed by atoms with Gasteiger partial charge in [0.15, 0.2) is 0 Å². The van der Waals surface area contributed by atoms with E-state index in [0.717, 1.165) is 11.3 Å². The summed E-state index contributed by atoms with van der Waals surface area (Å²) in [4.78, 5) is 10.9. The third-order valence-corrected chi connectivity index (χ3v) is 2.66. The van der Waals surface area contributed by atoms with Gasteiger partial charge < -0.3 is 10.4 Å². The number of carboxylic acids is 1. The van der Waals surface area contributed by atoms with Crippen LogP contribution in [-0.2, 0) is 4.79 Å². The van der Waals surface area contributed by atoms with Crippen LogP contribution in [0.4, 0.5) is 5.69 Å². The number of benzene rings is 1. The second-order valence-electron chi connectivity index (χ2n) is 3.97. The van der Waals surface area contributed by atoms with Crippen LogP contribution in [0.25, 0.3) is 0 Å². The molecule has 2 N–H and O–H groups in total. The van der Waals surface area contributed by atoms with Gasteiger partial charge in [-0.3, -0.25) is 0 Å². The number of anilines is 1. The van der Waals surface area contributed by atoms with E-state index in [2.05, 4.69) is 5.32 Å². The molecule has 82 valence electrons. The van der Waals surface area contributed by atoms with Gasteiger partial charge in [0.25, 0.3) is 0 Å². The van der Waals surface area contributed by atoms with Crippen LogP contribution in [0.3, 0.4) is 0 Å². The molecule has 0 fully saturated rings. The minimum Gasteiger partial charge on any atom is -0.480 e. The van der Waals surface area contributed by atoms with Gasteiger partial charge in [-0.25, -0.2) is 4.79 Å². The monoisotopic (exact) mass is 227 g/mol. The van der Waals surface area contributed by atoms with E-state index in [9.17, 15) is 4.79 Å². The zero-order chi connectivity index (χ0) is 11.6. The molecule has 0 saturated heterocycles. The van der Waals surface area contributed by atoms with Crippen molar-refractivity contribution in [2.24, 2.45) is 0 Å². The highest BCUT2D eigenvalue weighted by molar-refractivity contribution is 6.31. The predicted octanol–water partition coefficient (Wildman–Crippen LogP) is 2.92. The molecule has 0 atom stereocenters. The molecule has 0 aliphatic carbocycles. The van der Waals surface area contributed by atoms with E-state index in [1.54, 1.807) is 26.0 Å². The van der Waals surface area contributed by atoms with Crippen molar-refractivity contribution in [3.8, 4) is 0 Å². The third kappa shape index (κ3) is 2.63. The van der Waals surface area contributed by atoms with Crippen molar-refractivity contribution >= 4 is 23.3 Å². The lowest BCUT2D eigenvalue weighted by Gasteiger charge is -2.23. The Morgan fingerprint density at radius 3 is 2.60 bits per heavy atom. The summed E-state index contributed by atoms with van der Waals surface area (Å²) in [6, 6.07) is 5.37. The maximum Gasteiger partial charge on any atom is 0.328 e. The lowest BCUT2D eigenvalue weighted by atomic mass is 10.0. The van der Waals surface area contributed by atoms with Crippen molar-refractivity contribution in [1.29, 1.82) is 0 Å². The van der Waals surface area contributed by atoms with Crippen LogP contribution in [0.5, 0.6) is 0 Å². The Bertz CT molecular complexity index is 388. The number of hydrogen-bond acceptors (Lipinski definition) is 2. The fourth-order valence-corrected chi connectivity index (χ4v) is 1.31. The molecule has 0 unspecified atom stereocenters. The summed E-state index contributed by atoms with van der Waals surface area (Å²) in [7, 11) is 0. The van der Waals surface area contributed by atoms with Crippen molar-refractivity contribution in [3.05, 3.63) is 28.8 Å². The van der Waals surface area contributed by atoms with Crippen molar-refractivity contribution in [1.82, 2.24) is 0 Å². The maximum absolute atomic E-state index is 10.9. The quantitative estimate of drug-likeness (QED) is 0.835. The number of carbonyl (C=O) groups is 1. The Labute approximate surface area is 94.1 Å². The molecule has 0 aromatic heterocycles. The normalized spacial score (nSPS) is 11.2. The smallest absolute Gasteiger partial charge is 0.328 e. The first kappa shape index (κ1) is 11.9. The lowest BCUT2D eigenvalue weighted by Crippen LogP contribution is -2.40. The molecule has 1 aromatic carbocycles. The van der Waals surface area contributed by atoms with Crippen LogP contribution >= 0.6 is 11.6 Å². The average Bonchev–Trinajstić information content (AvgIpc) is 2.12. The van der Waals surface area contributed by atoms with E-state index >= 15 is 0 Å². The standard InChI is InChI=1S/C11H14ClNO2/c1-7-8(12)5-4-6-9(7)13-11(2,3)10(14)15/h4-6,13H,1-3H3,(H,14,15). The van der Waals surface area contributed by atoms with Crippen molar-refractivity contribution in [3.63, 3.8) is 0 Å². The fraction of sp³-hybridized carbons (Fsp3) is 0.364. The first-order valence-electron chi connectivity index (χ1n) is 4.61. The SMILES string of the molecule is Cc1c(Cl)cccc1NC(C)(C)C(=O)O. The highest BCUT2D eigenvalue weighted by Crippen LogP contribution is 2.25. The molecule has 0 heterocycles. The highest BCUT2D eigenvalue weighted by atomic mass is 35.5. The first-order chi connectivity index (χ1) is 6.84. The minimum absolute atomic E-state index is 0.626. The third-order valence-electron chi connectivity index (χ3n) is 2.25. The van der Waals surface area contributed by atoms with E-state index in [4.69, 9.17) is 16.7 Å². The Kier molecular flexibility index (Phi) is 3.25. The van der Waals surface area contributed by atoms with E-state index < -0.39 is 11.5 Å². The molecule has 0 bridgehead atoms. The van der Waals surface area contributed by atoms with E-state index in [-0.39, 0.29) is 0 Å². The topological polar surface area (TPSA) is 49.3 Å². The van der Waals surface area contributed by atoms with E-state index in [1.807, 2.05) is 13.0 Å². The predicted molar refractivity (Wildman–Crippen MR) is 61.5 cm³/mol. The average molecular weight is 228 g/mol. The van der Waals surface area contributed by atoms with Gasteiger partial charge in [-0.2, -0.15) is 0 Å². The van der Waals surface area contributed by atoms with Crippen LogP contribution in [0.2, 0.25) is 5.02 Å². The number of rotatable bonds is 3. The molecule has 0 radical (unpaired) electrons. The maximum atomic E-state index is 10.9. The van der Waals surface area contributed by atoms with Gasteiger partial charge in [0, 0.05) is 10.7 Å². The molecule has 0 spiro atoms. The number of hydrogen-bond donors (Lipinski definition) is 2. The van der Waals surface area contributed by atoms with Gasteiger partial charge >= 0.3 is 5.97 Å². The first-order valence-corrected chi connectivity index (χ1v) is 4.99. The largest absolute Gasteiger partial charge is 0.480 e. The second kappa shape index (κ2) is 4.11. The van der Waals surface area contributed by atoms with Gasteiger partial charge in [-0.15, -0.1) is 0 Å². The Balaban J connectivity index is 3.00. The fourth-order valence-electron chi connectivity index (χ4n) is 1.13. The van der Waals surface area contributed by atoms with E-state index in [0.29, 0.717) is 5.02 Å². The summed E-state index contributed by atoms with van der Waals surface area (Å²) >= 11 is 5.93. The molecule has 15 heavy (non-hydrogen) atoms. The molecule has 4 heteroatoms. The number of nitrogens with one attached hydrogen (secondary N) is 1. The molecule has 3 nitrogen and oxygen atoms in total. The molecule has 1 rings (SSSR count). The van der Waals surface area contributed by atoms with Gasteiger partial charge in [0.2, 0.25) is 0 Å². The molecule has 0 aliphatic heterocycles. The van der Waals surface area contributed by atoms with Crippen molar-refractivity contribution in [2.75, 3.05) is 5.32 Å². The summed E-state index contributed by atoms with van der Waals surface area (Å²) < 4.78 is 0. The molecular formula is C11H14ClNO2. The van der Waals surface area contributed by atoms with Crippen molar-refractivity contribution < 1.29 is 9.90 Å². The Morgan fingerprint density at radius 1 is 1.47 bits per heavy atom. The van der Waals surface area contributed by atoms with Gasteiger partial charge in [-0.1, -0.05) is 17.7 Å². The van der Waals surface area contributed by atoms with Gasteiger partial charge in [0.1, 0.15) is 5.54 Å². The summed E-state index contributed by atoms with van der Waals surface area (Å²) in [6.07, 6.45) is 0. The summed E-state index contributed by atoms with van der Waals surface area (Å²) in [5.74, 6) is -0.901. The summed E-state index contributed by atoms with van der Waals surface area (Å²) in [5, 5.41) is 12.5. The van der Waals surface area contributed by atoms with Crippen LogP contribution in [0.15, 0.2) is 18.2 Å². The minimum atomic E-state index is -1.00. The molecule has 0 amide bonds. The highest BCUT2D eigenvalue weighted by Gasteiger charge is 2.27.